The number of thiophene rings is 1. The van der Waals surface area contributed by atoms with Gasteiger partial charge in [-0.15, -0.1) is 11.3 Å². The summed E-state index contributed by atoms with van der Waals surface area (Å²) in [7, 11) is 2.73. The van der Waals surface area contributed by atoms with Gasteiger partial charge < -0.3 is 14.8 Å². The van der Waals surface area contributed by atoms with E-state index in [0.29, 0.717) is 5.69 Å². The number of halogens is 1. The molecule has 8 heteroatoms. The minimum atomic E-state index is -0.554. The highest BCUT2D eigenvalue weighted by Gasteiger charge is 2.22. The van der Waals surface area contributed by atoms with Crippen molar-refractivity contribution in [3.05, 3.63) is 64.1 Å². The van der Waals surface area contributed by atoms with Crippen molar-refractivity contribution in [2.24, 2.45) is 0 Å². The molecule has 6 nitrogen and oxygen atoms in total. The van der Waals surface area contributed by atoms with E-state index in [9.17, 15) is 9.59 Å². The first-order valence-corrected chi connectivity index (χ1v) is 9.02. The van der Waals surface area contributed by atoms with E-state index in [0.717, 1.165) is 10.4 Å². The summed E-state index contributed by atoms with van der Waals surface area (Å²) in [6.07, 6.45) is 0. The average molecular weight is 403 g/mol. The van der Waals surface area contributed by atoms with Gasteiger partial charge in [0.25, 0.3) is 5.91 Å². The lowest BCUT2D eigenvalue weighted by Crippen LogP contribution is -2.16. The molecule has 2 heterocycles. The molecule has 27 heavy (non-hydrogen) atoms. The first-order valence-electron chi connectivity index (χ1n) is 7.83. The lowest BCUT2D eigenvalue weighted by Gasteiger charge is -2.07. The Labute approximate surface area is 164 Å². The van der Waals surface area contributed by atoms with Crippen LogP contribution in [0.3, 0.4) is 0 Å². The second-order valence-corrected chi connectivity index (χ2v) is 6.81. The number of pyridine rings is 1. The number of aromatic nitrogens is 1. The van der Waals surface area contributed by atoms with Crippen LogP contribution in [0.4, 0.5) is 5.69 Å². The molecule has 1 N–H and O–H groups in total. The highest BCUT2D eigenvalue weighted by atomic mass is 35.5. The molecular formula is C19H15ClN2O4S. The number of hydrogen-bond donors (Lipinski definition) is 1. The minimum Gasteiger partial charge on any atom is -0.481 e. The number of carbonyl (C=O) groups excluding carboxylic acids is 2. The van der Waals surface area contributed by atoms with Gasteiger partial charge in [0, 0.05) is 10.9 Å². The van der Waals surface area contributed by atoms with Crippen LogP contribution < -0.4 is 10.1 Å². The number of carbonyl (C=O) groups is 2. The quantitative estimate of drug-likeness (QED) is 0.635. The fourth-order valence-electron chi connectivity index (χ4n) is 2.35. The van der Waals surface area contributed by atoms with Crippen molar-refractivity contribution in [1.82, 2.24) is 4.98 Å². The number of ether oxygens (including phenoxy) is 2. The molecular weight excluding hydrogens is 388 g/mol. The normalized spacial score (nSPS) is 10.3. The van der Waals surface area contributed by atoms with Gasteiger partial charge in [-0.3, -0.25) is 4.79 Å². The summed E-state index contributed by atoms with van der Waals surface area (Å²) < 4.78 is 9.86. The van der Waals surface area contributed by atoms with Gasteiger partial charge in [-0.05, 0) is 17.7 Å². The van der Waals surface area contributed by atoms with Crippen molar-refractivity contribution < 1.29 is 19.1 Å². The number of hydrogen-bond acceptors (Lipinski definition) is 6. The molecule has 1 amide bonds. The Balaban J connectivity index is 1.97. The zero-order valence-electron chi connectivity index (χ0n) is 14.5. The molecule has 0 fully saturated rings. The molecule has 2 aromatic heterocycles. The molecule has 0 bridgehead atoms. The Morgan fingerprint density at radius 1 is 1.11 bits per heavy atom. The standard InChI is InChI=1S/C19H15ClN2O4S/c1-25-15-9-8-12(20)16(22-15)18(23)21-13-10-14(11-6-4-3-5-7-11)27-17(13)19(24)26-2/h3-10H,1-2H3,(H,21,23). The van der Waals surface area contributed by atoms with Crippen molar-refractivity contribution in [1.29, 1.82) is 0 Å². The zero-order valence-corrected chi connectivity index (χ0v) is 16.1. The lowest BCUT2D eigenvalue weighted by atomic mass is 10.2. The SMILES string of the molecule is COC(=O)c1sc(-c2ccccc2)cc1NC(=O)c1nc(OC)ccc1Cl. The number of benzene rings is 1. The van der Waals surface area contributed by atoms with E-state index in [1.165, 1.54) is 31.6 Å². The smallest absolute Gasteiger partial charge is 0.350 e. The number of amides is 1. The van der Waals surface area contributed by atoms with Crippen LogP contribution in [-0.4, -0.2) is 31.1 Å². The van der Waals surface area contributed by atoms with E-state index in [1.807, 2.05) is 30.3 Å². The largest absolute Gasteiger partial charge is 0.481 e. The van der Waals surface area contributed by atoms with Crippen molar-refractivity contribution in [2.45, 2.75) is 0 Å². The molecule has 138 valence electrons. The Morgan fingerprint density at radius 3 is 2.52 bits per heavy atom. The molecule has 0 aliphatic heterocycles. The maximum absolute atomic E-state index is 12.7. The lowest BCUT2D eigenvalue weighted by molar-refractivity contribution is 0.0607. The predicted octanol–water partition coefficient (Wildman–Crippen LogP) is 4.51. The minimum absolute atomic E-state index is 0.000654. The second kappa shape index (κ2) is 8.20. The molecule has 0 aliphatic carbocycles. The topological polar surface area (TPSA) is 77.5 Å². The number of anilines is 1. The summed E-state index contributed by atoms with van der Waals surface area (Å²) >= 11 is 7.30. The Bertz CT molecular complexity index is 989. The monoisotopic (exact) mass is 402 g/mol. The van der Waals surface area contributed by atoms with Gasteiger partial charge in [0.15, 0.2) is 5.69 Å². The Hall–Kier alpha value is -2.90. The molecule has 1 aromatic carbocycles. The number of esters is 1. The van der Waals surface area contributed by atoms with Crippen molar-refractivity contribution in [2.75, 3.05) is 19.5 Å². The van der Waals surface area contributed by atoms with Crippen LogP contribution in [0, 0.1) is 0 Å². The maximum atomic E-state index is 12.7. The van der Waals surface area contributed by atoms with Gasteiger partial charge in [0.05, 0.1) is 24.9 Å². The van der Waals surface area contributed by atoms with Crippen LogP contribution in [-0.2, 0) is 4.74 Å². The molecule has 0 radical (unpaired) electrons. The maximum Gasteiger partial charge on any atom is 0.350 e. The van der Waals surface area contributed by atoms with E-state index in [4.69, 9.17) is 21.1 Å². The van der Waals surface area contributed by atoms with Gasteiger partial charge in [-0.2, -0.15) is 0 Å². The van der Waals surface area contributed by atoms with Crippen LogP contribution in [0.1, 0.15) is 20.2 Å². The molecule has 3 aromatic rings. The summed E-state index contributed by atoms with van der Waals surface area (Å²) in [6.45, 7) is 0. The Morgan fingerprint density at radius 2 is 1.85 bits per heavy atom. The molecule has 3 rings (SSSR count). The number of rotatable bonds is 5. The summed E-state index contributed by atoms with van der Waals surface area (Å²) in [5, 5.41) is 2.87. The van der Waals surface area contributed by atoms with Gasteiger partial charge in [0.1, 0.15) is 4.88 Å². The average Bonchev–Trinajstić information content (AvgIpc) is 3.12. The first-order chi connectivity index (χ1) is 13.0. The third kappa shape index (κ3) is 4.10. The van der Waals surface area contributed by atoms with Crippen molar-refractivity contribution in [3.63, 3.8) is 0 Å². The summed E-state index contributed by atoms with van der Waals surface area (Å²) in [4.78, 5) is 30.0. The highest BCUT2D eigenvalue weighted by Crippen LogP contribution is 2.35. The molecule has 0 aliphatic rings. The predicted molar refractivity (Wildman–Crippen MR) is 105 cm³/mol. The third-order valence-electron chi connectivity index (χ3n) is 3.65. The number of nitrogens with zero attached hydrogens (tertiary/aromatic N) is 1. The fraction of sp³-hybridized carbons (Fsp3) is 0.105. The van der Waals surface area contributed by atoms with E-state index < -0.39 is 11.9 Å². The molecule has 0 spiro atoms. The second-order valence-electron chi connectivity index (χ2n) is 5.35. The Kier molecular flexibility index (Phi) is 5.73. The fourth-order valence-corrected chi connectivity index (χ4v) is 3.58. The molecule has 0 saturated carbocycles. The van der Waals surface area contributed by atoms with Crippen LogP contribution in [0.25, 0.3) is 10.4 Å². The molecule has 0 atom stereocenters. The third-order valence-corrected chi connectivity index (χ3v) is 5.12. The van der Waals surface area contributed by atoms with E-state index in [2.05, 4.69) is 10.3 Å². The first kappa shape index (κ1) is 18.9. The van der Waals surface area contributed by atoms with Gasteiger partial charge >= 0.3 is 5.97 Å². The molecule has 0 saturated heterocycles. The van der Waals surface area contributed by atoms with Crippen molar-refractivity contribution >= 4 is 40.5 Å². The van der Waals surface area contributed by atoms with Crippen LogP contribution >= 0.6 is 22.9 Å². The van der Waals surface area contributed by atoms with Crippen molar-refractivity contribution in [3.8, 4) is 16.3 Å². The van der Waals surface area contributed by atoms with Gasteiger partial charge in [0.2, 0.25) is 5.88 Å². The van der Waals surface area contributed by atoms with E-state index in [-0.39, 0.29) is 21.5 Å². The van der Waals surface area contributed by atoms with Crippen LogP contribution in [0.15, 0.2) is 48.5 Å². The van der Waals surface area contributed by atoms with Gasteiger partial charge in [-0.25, -0.2) is 9.78 Å². The summed E-state index contributed by atoms with van der Waals surface area (Å²) in [5.41, 5.74) is 1.25. The summed E-state index contributed by atoms with van der Waals surface area (Å²) in [6, 6.07) is 14.3. The van der Waals surface area contributed by atoms with Crippen LogP contribution in [0.2, 0.25) is 5.02 Å². The van der Waals surface area contributed by atoms with E-state index >= 15 is 0 Å². The van der Waals surface area contributed by atoms with E-state index in [1.54, 1.807) is 12.1 Å². The number of nitrogens with one attached hydrogen (secondary N) is 1. The van der Waals surface area contributed by atoms with Gasteiger partial charge in [-0.1, -0.05) is 41.9 Å². The number of methoxy groups -OCH3 is 2. The van der Waals surface area contributed by atoms with Crippen LogP contribution in [0.5, 0.6) is 5.88 Å². The zero-order chi connectivity index (χ0) is 19.4. The molecule has 0 unspecified atom stereocenters. The summed E-state index contributed by atoms with van der Waals surface area (Å²) in [5.74, 6) is -0.836. The highest BCUT2D eigenvalue weighted by molar-refractivity contribution is 7.18.